The minimum absolute atomic E-state index is 0.0637. The summed E-state index contributed by atoms with van der Waals surface area (Å²) in [5.74, 6) is 0.448. The zero-order valence-electron chi connectivity index (χ0n) is 8.80. The molecule has 1 rings (SSSR count). The molecule has 2 N–H and O–H groups in total. The fraction of sp³-hybridized carbons (Fsp3) is 0.800. The van der Waals surface area contributed by atoms with Crippen LogP contribution in [0.5, 0.6) is 0 Å². The first kappa shape index (κ1) is 11.0. The normalized spacial score (nSPS) is 15.4. The fourth-order valence-corrected chi connectivity index (χ4v) is 1.01. The summed E-state index contributed by atoms with van der Waals surface area (Å²) in [5.41, 5.74) is 0. The van der Waals surface area contributed by atoms with Gasteiger partial charge in [-0.2, -0.15) is 0 Å². The summed E-state index contributed by atoms with van der Waals surface area (Å²) in [6.07, 6.45) is 2.44. The molecule has 0 aromatic heterocycles. The Bertz CT molecular complexity index is 222. The quantitative estimate of drug-likeness (QED) is 0.667. The van der Waals surface area contributed by atoms with Crippen molar-refractivity contribution in [2.24, 2.45) is 11.8 Å². The number of hydrogen-bond acceptors (Lipinski definition) is 2. The molecule has 80 valence electrons. The summed E-state index contributed by atoms with van der Waals surface area (Å²) in [4.78, 5) is 22.3. The third-order valence-corrected chi connectivity index (χ3v) is 2.23. The maximum atomic E-state index is 11.2. The second-order valence-electron chi connectivity index (χ2n) is 4.12. The largest absolute Gasteiger partial charge is 0.354 e. The van der Waals surface area contributed by atoms with E-state index in [-0.39, 0.29) is 24.3 Å². The molecule has 0 radical (unpaired) electrons. The van der Waals surface area contributed by atoms with E-state index < -0.39 is 0 Å². The van der Waals surface area contributed by atoms with E-state index in [2.05, 4.69) is 10.6 Å². The average molecular weight is 198 g/mol. The zero-order valence-corrected chi connectivity index (χ0v) is 8.80. The second kappa shape index (κ2) is 4.98. The second-order valence-corrected chi connectivity index (χ2v) is 4.12. The van der Waals surface area contributed by atoms with Crippen LogP contribution in [0.25, 0.3) is 0 Å². The molecule has 2 amide bonds. The van der Waals surface area contributed by atoms with Crippen molar-refractivity contribution in [2.45, 2.75) is 26.7 Å². The molecule has 1 fully saturated rings. The van der Waals surface area contributed by atoms with E-state index in [9.17, 15) is 9.59 Å². The molecule has 4 nitrogen and oxygen atoms in total. The SMILES string of the molecule is CC(C)C(=O)NCC(=O)NCC1CC1. The van der Waals surface area contributed by atoms with Gasteiger partial charge in [-0.1, -0.05) is 13.8 Å². The molecule has 0 atom stereocenters. The topological polar surface area (TPSA) is 58.2 Å². The lowest BCUT2D eigenvalue weighted by atomic mass is 10.2. The Kier molecular flexibility index (Phi) is 3.92. The summed E-state index contributed by atoms with van der Waals surface area (Å²) in [6.45, 7) is 4.47. The molecule has 14 heavy (non-hydrogen) atoms. The highest BCUT2D eigenvalue weighted by atomic mass is 16.2. The summed E-state index contributed by atoms with van der Waals surface area (Å²) in [7, 11) is 0. The van der Waals surface area contributed by atoms with Crippen molar-refractivity contribution in [3.8, 4) is 0 Å². The summed E-state index contributed by atoms with van der Waals surface area (Å²) in [6, 6.07) is 0. The van der Waals surface area contributed by atoms with Crippen molar-refractivity contribution in [1.82, 2.24) is 10.6 Å². The lowest BCUT2D eigenvalue weighted by Crippen LogP contribution is -2.39. The minimum atomic E-state index is -0.0918. The summed E-state index contributed by atoms with van der Waals surface area (Å²) < 4.78 is 0. The molecule has 1 aliphatic rings. The third-order valence-electron chi connectivity index (χ3n) is 2.23. The highest BCUT2D eigenvalue weighted by Gasteiger charge is 2.21. The Hall–Kier alpha value is -1.06. The molecule has 0 spiro atoms. The van der Waals surface area contributed by atoms with Crippen molar-refractivity contribution >= 4 is 11.8 Å². The molecular formula is C10H18N2O2. The Morgan fingerprint density at radius 1 is 1.29 bits per heavy atom. The van der Waals surface area contributed by atoms with Gasteiger partial charge in [-0.25, -0.2) is 0 Å². The first-order chi connectivity index (χ1) is 6.59. The van der Waals surface area contributed by atoms with Crippen molar-refractivity contribution in [3.63, 3.8) is 0 Å². The Morgan fingerprint density at radius 3 is 2.43 bits per heavy atom. The van der Waals surface area contributed by atoms with Crippen LogP contribution in [-0.4, -0.2) is 24.9 Å². The van der Waals surface area contributed by atoms with Crippen LogP contribution >= 0.6 is 0 Å². The maximum Gasteiger partial charge on any atom is 0.239 e. The first-order valence-corrected chi connectivity index (χ1v) is 5.14. The molecule has 0 bridgehead atoms. The molecule has 0 saturated heterocycles. The van der Waals surface area contributed by atoms with Crippen LogP contribution in [0.2, 0.25) is 0 Å². The predicted molar refractivity (Wildman–Crippen MR) is 53.6 cm³/mol. The van der Waals surface area contributed by atoms with Crippen LogP contribution in [0, 0.1) is 11.8 Å². The number of carbonyl (C=O) groups is 2. The van der Waals surface area contributed by atoms with Crippen LogP contribution in [0.1, 0.15) is 26.7 Å². The Morgan fingerprint density at radius 2 is 1.93 bits per heavy atom. The monoisotopic (exact) mass is 198 g/mol. The maximum absolute atomic E-state index is 11.2. The molecule has 1 aliphatic carbocycles. The van der Waals surface area contributed by atoms with Crippen LogP contribution in [0.4, 0.5) is 0 Å². The summed E-state index contributed by atoms with van der Waals surface area (Å²) >= 11 is 0. The number of nitrogens with one attached hydrogen (secondary N) is 2. The van der Waals surface area contributed by atoms with Gasteiger partial charge in [0.25, 0.3) is 0 Å². The van der Waals surface area contributed by atoms with Gasteiger partial charge in [0.1, 0.15) is 0 Å². The van der Waals surface area contributed by atoms with Gasteiger partial charge < -0.3 is 10.6 Å². The van der Waals surface area contributed by atoms with E-state index in [1.54, 1.807) is 13.8 Å². The fourth-order valence-electron chi connectivity index (χ4n) is 1.01. The van der Waals surface area contributed by atoms with Crippen molar-refractivity contribution in [2.75, 3.05) is 13.1 Å². The number of rotatable bonds is 5. The zero-order chi connectivity index (χ0) is 10.6. The van der Waals surface area contributed by atoms with E-state index in [4.69, 9.17) is 0 Å². The van der Waals surface area contributed by atoms with Gasteiger partial charge >= 0.3 is 0 Å². The third kappa shape index (κ3) is 4.25. The lowest BCUT2D eigenvalue weighted by molar-refractivity contribution is -0.127. The average Bonchev–Trinajstić information content (AvgIpc) is 2.94. The van der Waals surface area contributed by atoms with Gasteiger partial charge in [0.15, 0.2) is 0 Å². The van der Waals surface area contributed by atoms with E-state index in [0.29, 0.717) is 5.92 Å². The molecule has 1 saturated carbocycles. The molecule has 0 unspecified atom stereocenters. The first-order valence-electron chi connectivity index (χ1n) is 5.14. The Balaban J connectivity index is 2.04. The van der Waals surface area contributed by atoms with Gasteiger partial charge in [-0.3, -0.25) is 9.59 Å². The molecule has 4 heteroatoms. The van der Waals surface area contributed by atoms with Gasteiger partial charge in [-0.05, 0) is 18.8 Å². The van der Waals surface area contributed by atoms with Crippen molar-refractivity contribution in [3.05, 3.63) is 0 Å². The molecule has 0 aromatic rings. The minimum Gasteiger partial charge on any atom is -0.354 e. The summed E-state index contributed by atoms with van der Waals surface area (Å²) in [5, 5.41) is 5.36. The number of amides is 2. The number of hydrogen-bond donors (Lipinski definition) is 2. The van der Waals surface area contributed by atoms with Crippen molar-refractivity contribution < 1.29 is 9.59 Å². The van der Waals surface area contributed by atoms with Crippen LogP contribution in [0.15, 0.2) is 0 Å². The molecule has 0 aliphatic heterocycles. The van der Waals surface area contributed by atoms with E-state index in [0.717, 1.165) is 6.54 Å². The predicted octanol–water partition coefficient (Wildman–Crippen LogP) is 0.285. The highest BCUT2D eigenvalue weighted by Crippen LogP contribution is 2.27. The van der Waals surface area contributed by atoms with E-state index in [1.165, 1.54) is 12.8 Å². The van der Waals surface area contributed by atoms with Crippen LogP contribution in [0.3, 0.4) is 0 Å². The molecule has 0 aromatic carbocycles. The molecular weight excluding hydrogens is 180 g/mol. The van der Waals surface area contributed by atoms with Gasteiger partial charge in [0, 0.05) is 12.5 Å². The van der Waals surface area contributed by atoms with Crippen molar-refractivity contribution in [1.29, 1.82) is 0 Å². The van der Waals surface area contributed by atoms with Gasteiger partial charge in [0.05, 0.1) is 6.54 Å². The highest BCUT2D eigenvalue weighted by molar-refractivity contribution is 5.85. The van der Waals surface area contributed by atoms with E-state index >= 15 is 0 Å². The van der Waals surface area contributed by atoms with E-state index in [1.807, 2.05) is 0 Å². The lowest BCUT2D eigenvalue weighted by Gasteiger charge is -2.07. The van der Waals surface area contributed by atoms with Gasteiger partial charge in [-0.15, -0.1) is 0 Å². The van der Waals surface area contributed by atoms with Crippen LogP contribution in [-0.2, 0) is 9.59 Å². The standard InChI is InChI=1S/C10H18N2O2/c1-7(2)10(14)12-6-9(13)11-5-8-3-4-8/h7-8H,3-6H2,1-2H3,(H,11,13)(H,12,14). The Labute approximate surface area is 84.4 Å². The number of carbonyl (C=O) groups excluding carboxylic acids is 2. The van der Waals surface area contributed by atoms with Gasteiger partial charge in [0.2, 0.25) is 11.8 Å². The van der Waals surface area contributed by atoms with Crippen LogP contribution < -0.4 is 10.6 Å². The smallest absolute Gasteiger partial charge is 0.239 e. The molecule has 0 heterocycles.